The van der Waals surface area contributed by atoms with Gasteiger partial charge in [0.05, 0.1) is 0 Å². The van der Waals surface area contributed by atoms with Crippen molar-refractivity contribution < 1.29 is 4.65 Å². The predicted molar refractivity (Wildman–Crippen MR) is 30.9 cm³/mol. The Morgan fingerprint density at radius 1 is 1.83 bits per heavy atom. The minimum atomic E-state index is 1.09. The fraction of sp³-hybridized carbons (Fsp3) is 1.00. The van der Waals surface area contributed by atoms with E-state index >= 15 is 0 Å². The van der Waals surface area contributed by atoms with Crippen LogP contribution in [0.1, 0.15) is 6.92 Å². The van der Waals surface area contributed by atoms with E-state index in [1.54, 1.807) is 25.5 Å². The SMILES string of the molecule is CCS[B]OC. The first kappa shape index (κ1) is 6.37. The quantitative estimate of drug-likeness (QED) is 0.388. The molecule has 6 heavy (non-hydrogen) atoms. The zero-order chi connectivity index (χ0) is 4.83. The number of rotatable bonds is 3. The van der Waals surface area contributed by atoms with E-state index in [9.17, 15) is 0 Å². The lowest BCUT2D eigenvalue weighted by Gasteiger charge is -1.86. The van der Waals surface area contributed by atoms with Crippen LogP contribution in [0, 0.1) is 0 Å². The highest BCUT2D eigenvalue weighted by Crippen LogP contribution is 1.91. The molecule has 0 saturated heterocycles. The van der Waals surface area contributed by atoms with Crippen molar-refractivity contribution >= 4 is 18.4 Å². The summed E-state index contributed by atoms with van der Waals surface area (Å²) in [4.78, 5) is 0. The third kappa shape index (κ3) is 4.37. The third-order valence-electron chi connectivity index (χ3n) is 0.331. The number of hydrogen-bond acceptors (Lipinski definition) is 2. The summed E-state index contributed by atoms with van der Waals surface area (Å²) in [6.07, 6.45) is 0. The molecule has 35 valence electrons. The van der Waals surface area contributed by atoms with Crippen molar-refractivity contribution in [2.45, 2.75) is 6.92 Å². The van der Waals surface area contributed by atoms with Crippen LogP contribution >= 0.6 is 11.6 Å². The molecule has 1 nitrogen and oxygen atoms in total. The molecule has 0 bridgehead atoms. The van der Waals surface area contributed by atoms with Crippen molar-refractivity contribution in [3.05, 3.63) is 0 Å². The van der Waals surface area contributed by atoms with Gasteiger partial charge in [-0.05, 0) is 5.75 Å². The summed E-state index contributed by atoms with van der Waals surface area (Å²) in [5.41, 5.74) is 0. The molecular weight excluding hydrogens is 94.9 g/mol. The Morgan fingerprint density at radius 3 is 2.67 bits per heavy atom. The van der Waals surface area contributed by atoms with E-state index in [0.717, 1.165) is 5.75 Å². The minimum Gasteiger partial charge on any atom is -0.431 e. The van der Waals surface area contributed by atoms with E-state index in [1.807, 2.05) is 0 Å². The van der Waals surface area contributed by atoms with Crippen LogP contribution < -0.4 is 0 Å². The Bertz CT molecular complexity index is 22.8. The largest absolute Gasteiger partial charge is 0.431 e. The van der Waals surface area contributed by atoms with Crippen LogP contribution in [0.5, 0.6) is 0 Å². The van der Waals surface area contributed by atoms with E-state index < -0.39 is 0 Å². The van der Waals surface area contributed by atoms with Gasteiger partial charge >= 0.3 is 6.76 Å². The second-order valence-electron chi connectivity index (χ2n) is 0.787. The summed E-state index contributed by atoms with van der Waals surface area (Å²) in [6.45, 7) is 3.81. The van der Waals surface area contributed by atoms with Crippen LogP contribution in [0.3, 0.4) is 0 Å². The maximum Gasteiger partial charge on any atom is 0.371 e. The summed E-state index contributed by atoms with van der Waals surface area (Å²) in [7, 11) is 1.66. The molecule has 0 spiro atoms. The van der Waals surface area contributed by atoms with Crippen LogP contribution in [0.2, 0.25) is 0 Å². The van der Waals surface area contributed by atoms with Crippen LogP contribution in [0.25, 0.3) is 0 Å². The molecule has 1 radical (unpaired) electrons. The third-order valence-corrected chi connectivity index (χ3v) is 0.993. The Morgan fingerprint density at radius 2 is 2.50 bits per heavy atom. The molecule has 0 unspecified atom stereocenters. The highest BCUT2D eigenvalue weighted by Gasteiger charge is 1.80. The summed E-state index contributed by atoms with van der Waals surface area (Å²) in [5, 5.41) is 0. The highest BCUT2D eigenvalue weighted by molar-refractivity contribution is 8.21. The summed E-state index contributed by atoms with van der Waals surface area (Å²) < 4.78 is 4.62. The lowest BCUT2D eigenvalue weighted by atomic mass is 10.6. The lowest BCUT2D eigenvalue weighted by molar-refractivity contribution is 0.456. The van der Waals surface area contributed by atoms with Crippen molar-refractivity contribution in [1.29, 1.82) is 0 Å². The Hall–Kier alpha value is 0.375. The molecule has 0 saturated carbocycles. The van der Waals surface area contributed by atoms with Crippen molar-refractivity contribution in [1.82, 2.24) is 0 Å². The van der Waals surface area contributed by atoms with E-state index in [1.165, 1.54) is 0 Å². The van der Waals surface area contributed by atoms with Crippen molar-refractivity contribution in [2.24, 2.45) is 0 Å². The molecule has 0 aliphatic rings. The van der Waals surface area contributed by atoms with Crippen LogP contribution in [0.15, 0.2) is 0 Å². The van der Waals surface area contributed by atoms with Gasteiger partial charge in [-0.1, -0.05) is 6.92 Å². The molecule has 0 atom stereocenters. The first-order valence-corrected chi connectivity index (χ1v) is 2.92. The van der Waals surface area contributed by atoms with Gasteiger partial charge in [-0.25, -0.2) is 0 Å². The first-order valence-electron chi connectivity index (χ1n) is 1.88. The van der Waals surface area contributed by atoms with Gasteiger partial charge in [-0.3, -0.25) is 0 Å². The van der Waals surface area contributed by atoms with Crippen molar-refractivity contribution in [2.75, 3.05) is 12.9 Å². The van der Waals surface area contributed by atoms with E-state index in [0.29, 0.717) is 0 Å². The second-order valence-corrected chi connectivity index (χ2v) is 1.89. The minimum absolute atomic E-state index is 1.09. The maximum absolute atomic E-state index is 4.62. The molecule has 0 fully saturated rings. The Balaban J connectivity index is 2.34. The zero-order valence-electron chi connectivity index (χ0n) is 4.10. The average molecular weight is 103 g/mol. The molecule has 0 aromatic carbocycles. The monoisotopic (exact) mass is 103 g/mol. The van der Waals surface area contributed by atoms with Crippen LogP contribution in [-0.2, 0) is 4.65 Å². The van der Waals surface area contributed by atoms with Gasteiger partial charge < -0.3 is 4.65 Å². The van der Waals surface area contributed by atoms with Gasteiger partial charge in [0, 0.05) is 7.11 Å². The van der Waals surface area contributed by atoms with Crippen molar-refractivity contribution in [3.63, 3.8) is 0 Å². The van der Waals surface area contributed by atoms with Gasteiger partial charge in [0.25, 0.3) is 0 Å². The molecule has 0 amide bonds. The molecular formula is C3H8BOS. The molecule has 0 aromatic heterocycles. The van der Waals surface area contributed by atoms with E-state index in [4.69, 9.17) is 0 Å². The fourth-order valence-electron chi connectivity index (χ4n) is 0.136. The lowest BCUT2D eigenvalue weighted by Crippen LogP contribution is -1.85. The van der Waals surface area contributed by atoms with Gasteiger partial charge in [0.1, 0.15) is 0 Å². The maximum atomic E-state index is 4.62. The molecule has 0 rings (SSSR count). The summed E-state index contributed by atoms with van der Waals surface area (Å²) in [6, 6.07) is 0. The number of hydrogen-bond donors (Lipinski definition) is 0. The first-order chi connectivity index (χ1) is 2.91. The standard InChI is InChI=1S/C3H8BOS/c1-3-6-4-5-2/h3H2,1-2H3. The molecule has 3 heteroatoms. The second kappa shape index (κ2) is 5.37. The smallest absolute Gasteiger partial charge is 0.371 e. The predicted octanol–water partition coefficient (Wildman–Crippen LogP) is 0.920. The highest BCUT2D eigenvalue weighted by atomic mass is 32.2. The Kier molecular flexibility index (Phi) is 5.71. The normalized spacial score (nSPS) is 8.33. The van der Waals surface area contributed by atoms with Gasteiger partial charge in [-0.15, -0.1) is 0 Å². The molecule has 0 aromatic rings. The molecule has 0 heterocycles. The van der Waals surface area contributed by atoms with Gasteiger partial charge in [-0.2, -0.15) is 11.6 Å². The Labute approximate surface area is 43.6 Å². The fourth-order valence-corrected chi connectivity index (χ4v) is 0.408. The van der Waals surface area contributed by atoms with E-state index in [2.05, 4.69) is 11.6 Å². The summed E-state index contributed by atoms with van der Waals surface area (Å²) >= 11 is 1.66. The average Bonchev–Trinajstić information content (AvgIpc) is 1.61. The zero-order valence-corrected chi connectivity index (χ0v) is 4.92. The van der Waals surface area contributed by atoms with Crippen LogP contribution in [0.4, 0.5) is 0 Å². The molecule has 0 N–H and O–H groups in total. The topological polar surface area (TPSA) is 9.23 Å². The van der Waals surface area contributed by atoms with E-state index in [-0.39, 0.29) is 0 Å². The molecule has 0 aliphatic heterocycles. The van der Waals surface area contributed by atoms with Gasteiger partial charge in [0.2, 0.25) is 0 Å². The molecule has 0 aliphatic carbocycles. The van der Waals surface area contributed by atoms with Crippen molar-refractivity contribution in [3.8, 4) is 0 Å². The van der Waals surface area contributed by atoms with Gasteiger partial charge in [0.15, 0.2) is 0 Å². The van der Waals surface area contributed by atoms with Crippen LogP contribution in [-0.4, -0.2) is 19.6 Å². The summed E-state index contributed by atoms with van der Waals surface area (Å²) in [5.74, 6) is 1.09.